The lowest BCUT2D eigenvalue weighted by atomic mass is 9.95. The summed E-state index contributed by atoms with van der Waals surface area (Å²) in [4.78, 5) is 15.9. The lowest BCUT2D eigenvalue weighted by Gasteiger charge is -2.24. The van der Waals surface area contributed by atoms with E-state index in [0.717, 1.165) is 31.7 Å². The number of hydrogen-bond acceptors (Lipinski definition) is 4. The molecule has 1 amide bonds. The highest BCUT2D eigenvalue weighted by atomic mass is 19.1. The van der Waals surface area contributed by atoms with Gasteiger partial charge in [-0.1, -0.05) is 19.3 Å². The largest absolute Gasteiger partial charge is 0.365 e. The summed E-state index contributed by atoms with van der Waals surface area (Å²) in [6, 6.07) is 5.57. The summed E-state index contributed by atoms with van der Waals surface area (Å²) in [5, 5.41) is 5.99. The van der Waals surface area contributed by atoms with Crippen LogP contribution in [0.4, 0.5) is 26.1 Å². The van der Waals surface area contributed by atoms with E-state index >= 15 is 0 Å². The Hall–Kier alpha value is -2.70. The Bertz CT molecular complexity index is 799. The molecule has 0 spiro atoms. The highest BCUT2D eigenvalue weighted by Crippen LogP contribution is 2.27. The van der Waals surface area contributed by atoms with Crippen molar-refractivity contribution in [1.82, 2.24) is 4.98 Å². The number of pyridine rings is 1. The number of amides is 1. The molecule has 4 N–H and O–H groups in total. The summed E-state index contributed by atoms with van der Waals surface area (Å²) in [5.74, 6) is -1.70. The molecule has 7 heteroatoms. The van der Waals surface area contributed by atoms with Gasteiger partial charge in [-0.3, -0.25) is 4.79 Å². The highest BCUT2D eigenvalue weighted by molar-refractivity contribution is 5.98. The van der Waals surface area contributed by atoms with Gasteiger partial charge in [0.25, 0.3) is 5.91 Å². The Labute approximate surface area is 151 Å². The number of anilines is 3. The Morgan fingerprint density at radius 2 is 1.85 bits per heavy atom. The number of nitrogens with one attached hydrogen (secondary N) is 2. The molecule has 1 aromatic carbocycles. The average Bonchev–Trinajstić information content (AvgIpc) is 2.57. The number of carbonyl (C=O) groups excluding carboxylic acids is 1. The van der Waals surface area contributed by atoms with Crippen molar-refractivity contribution < 1.29 is 13.6 Å². The number of nitrogens with two attached hydrogens (primary N) is 1. The number of carbonyl (C=O) groups is 1. The summed E-state index contributed by atoms with van der Waals surface area (Å²) in [7, 11) is 0. The van der Waals surface area contributed by atoms with E-state index in [9.17, 15) is 13.6 Å². The maximum absolute atomic E-state index is 14.4. The minimum absolute atomic E-state index is 0.0672. The van der Waals surface area contributed by atoms with Gasteiger partial charge in [0.1, 0.15) is 11.6 Å². The zero-order valence-corrected chi connectivity index (χ0v) is 14.6. The molecule has 0 bridgehead atoms. The van der Waals surface area contributed by atoms with Gasteiger partial charge in [-0.05, 0) is 49.6 Å². The van der Waals surface area contributed by atoms with E-state index in [1.807, 2.05) is 0 Å². The van der Waals surface area contributed by atoms with Gasteiger partial charge >= 0.3 is 0 Å². The molecule has 0 unspecified atom stereocenters. The third-order valence-corrected chi connectivity index (χ3v) is 4.49. The molecule has 1 heterocycles. The van der Waals surface area contributed by atoms with Gasteiger partial charge in [-0.25, -0.2) is 13.8 Å². The standard InChI is InChI=1S/C19H22F2N4O/c1-11-7-12(20)9-14(8-11)24-18-15(17(22)26)10-16(21)19(25-18)23-13-5-3-2-4-6-13/h7-10,13H,2-6H2,1H3,(H2,22,26)(H2,23,24,25). The van der Waals surface area contributed by atoms with Gasteiger partial charge in [0, 0.05) is 11.7 Å². The van der Waals surface area contributed by atoms with Crippen LogP contribution in [0.15, 0.2) is 24.3 Å². The number of aryl methyl sites for hydroxylation is 1. The molecular formula is C19H22F2N4O. The Morgan fingerprint density at radius 3 is 2.50 bits per heavy atom. The maximum atomic E-state index is 14.4. The second kappa shape index (κ2) is 7.68. The first-order chi connectivity index (χ1) is 12.4. The van der Waals surface area contributed by atoms with Crippen molar-refractivity contribution in [1.29, 1.82) is 0 Å². The number of nitrogens with zero attached hydrogens (tertiary/aromatic N) is 1. The van der Waals surface area contributed by atoms with Crippen LogP contribution in [-0.4, -0.2) is 16.9 Å². The quantitative estimate of drug-likeness (QED) is 0.744. The van der Waals surface area contributed by atoms with Crippen LogP contribution in [0.1, 0.15) is 48.0 Å². The van der Waals surface area contributed by atoms with E-state index in [4.69, 9.17) is 5.73 Å². The van der Waals surface area contributed by atoms with Gasteiger partial charge in [0.05, 0.1) is 5.56 Å². The fourth-order valence-corrected chi connectivity index (χ4v) is 3.26. The van der Waals surface area contributed by atoms with E-state index in [1.165, 1.54) is 18.6 Å². The maximum Gasteiger partial charge on any atom is 0.252 e. The molecule has 1 aliphatic rings. The first-order valence-corrected chi connectivity index (χ1v) is 8.73. The van der Waals surface area contributed by atoms with Crippen molar-refractivity contribution in [3.8, 4) is 0 Å². The Balaban J connectivity index is 1.92. The summed E-state index contributed by atoms with van der Waals surface area (Å²) in [5.41, 5.74) is 6.38. The number of primary amides is 1. The molecule has 1 fully saturated rings. The minimum atomic E-state index is -0.809. The van der Waals surface area contributed by atoms with Crippen molar-refractivity contribution in [2.24, 2.45) is 5.73 Å². The third kappa shape index (κ3) is 4.28. The van der Waals surface area contributed by atoms with Crippen LogP contribution >= 0.6 is 0 Å². The fraction of sp³-hybridized carbons (Fsp3) is 0.368. The number of rotatable bonds is 5. The number of halogens is 2. The van der Waals surface area contributed by atoms with Gasteiger partial charge in [0.15, 0.2) is 11.6 Å². The zero-order valence-electron chi connectivity index (χ0n) is 14.6. The molecule has 0 radical (unpaired) electrons. The number of hydrogen-bond donors (Lipinski definition) is 3. The van der Waals surface area contributed by atoms with Crippen molar-refractivity contribution in [2.45, 2.75) is 45.1 Å². The van der Waals surface area contributed by atoms with Gasteiger partial charge in [-0.2, -0.15) is 0 Å². The Morgan fingerprint density at radius 1 is 1.12 bits per heavy atom. The summed E-state index contributed by atoms with van der Waals surface area (Å²) < 4.78 is 28.0. The monoisotopic (exact) mass is 360 g/mol. The second-order valence-electron chi connectivity index (χ2n) is 6.70. The van der Waals surface area contributed by atoms with Crippen molar-refractivity contribution in [2.75, 3.05) is 10.6 Å². The van der Waals surface area contributed by atoms with Gasteiger partial charge in [0.2, 0.25) is 0 Å². The lowest BCUT2D eigenvalue weighted by molar-refractivity contribution is 0.100. The molecule has 26 heavy (non-hydrogen) atoms. The topological polar surface area (TPSA) is 80.0 Å². The number of benzene rings is 1. The molecule has 2 aromatic rings. The second-order valence-corrected chi connectivity index (χ2v) is 6.70. The van der Waals surface area contributed by atoms with Crippen LogP contribution in [0, 0.1) is 18.6 Å². The van der Waals surface area contributed by atoms with Crippen molar-refractivity contribution >= 4 is 23.2 Å². The van der Waals surface area contributed by atoms with Crippen LogP contribution in [0.5, 0.6) is 0 Å². The molecule has 1 aliphatic carbocycles. The van der Waals surface area contributed by atoms with Crippen molar-refractivity contribution in [3.05, 3.63) is 47.0 Å². The van der Waals surface area contributed by atoms with E-state index in [-0.39, 0.29) is 23.2 Å². The molecule has 3 rings (SSSR count). The molecular weight excluding hydrogens is 338 g/mol. The van der Waals surface area contributed by atoms with Gasteiger partial charge < -0.3 is 16.4 Å². The average molecular weight is 360 g/mol. The molecule has 0 aliphatic heterocycles. The van der Waals surface area contributed by atoms with Crippen LogP contribution < -0.4 is 16.4 Å². The van der Waals surface area contributed by atoms with Crippen LogP contribution in [0.3, 0.4) is 0 Å². The summed E-state index contributed by atoms with van der Waals surface area (Å²) in [6.45, 7) is 1.75. The van der Waals surface area contributed by atoms with E-state index < -0.39 is 17.5 Å². The van der Waals surface area contributed by atoms with E-state index in [1.54, 1.807) is 13.0 Å². The third-order valence-electron chi connectivity index (χ3n) is 4.49. The molecule has 138 valence electrons. The molecule has 0 atom stereocenters. The van der Waals surface area contributed by atoms with Crippen LogP contribution in [0.2, 0.25) is 0 Å². The lowest BCUT2D eigenvalue weighted by Crippen LogP contribution is -2.24. The molecule has 1 saturated carbocycles. The predicted octanol–water partition coefficient (Wildman–Crippen LogP) is 4.26. The molecule has 1 aromatic heterocycles. The van der Waals surface area contributed by atoms with E-state index in [0.29, 0.717) is 11.3 Å². The first kappa shape index (κ1) is 18.1. The Kier molecular flexibility index (Phi) is 5.35. The summed E-state index contributed by atoms with van der Waals surface area (Å²) >= 11 is 0. The van der Waals surface area contributed by atoms with Crippen LogP contribution in [-0.2, 0) is 0 Å². The normalized spacial score (nSPS) is 14.9. The first-order valence-electron chi connectivity index (χ1n) is 8.73. The summed E-state index contributed by atoms with van der Waals surface area (Å²) in [6.07, 6.45) is 5.26. The molecule has 0 saturated heterocycles. The SMILES string of the molecule is Cc1cc(F)cc(Nc2nc(NC3CCCCC3)c(F)cc2C(N)=O)c1. The molecule has 5 nitrogen and oxygen atoms in total. The van der Waals surface area contributed by atoms with Crippen LogP contribution in [0.25, 0.3) is 0 Å². The predicted molar refractivity (Wildman–Crippen MR) is 97.6 cm³/mol. The smallest absolute Gasteiger partial charge is 0.252 e. The zero-order chi connectivity index (χ0) is 18.7. The highest BCUT2D eigenvalue weighted by Gasteiger charge is 2.20. The fourth-order valence-electron chi connectivity index (χ4n) is 3.26. The van der Waals surface area contributed by atoms with E-state index in [2.05, 4.69) is 15.6 Å². The van der Waals surface area contributed by atoms with Gasteiger partial charge in [-0.15, -0.1) is 0 Å². The van der Waals surface area contributed by atoms with Crippen molar-refractivity contribution in [3.63, 3.8) is 0 Å². The number of aromatic nitrogens is 1. The minimum Gasteiger partial charge on any atom is -0.365 e.